The molecule has 0 fully saturated rings. The van der Waals surface area contributed by atoms with E-state index < -0.39 is 12.1 Å². The fourth-order valence-electron chi connectivity index (χ4n) is 3.38. The largest absolute Gasteiger partial charge is 0.396 e. The first kappa shape index (κ1) is 20.9. The van der Waals surface area contributed by atoms with Gasteiger partial charge in [-0.1, -0.05) is 104 Å². The van der Waals surface area contributed by atoms with Gasteiger partial charge in [-0.05, 0) is 40.7 Å². The highest BCUT2D eigenvalue weighted by atomic mass is 19.4. The summed E-state index contributed by atoms with van der Waals surface area (Å²) in [5.41, 5.74) is 4.38. The van der Waals surface area contributed by atoms with E-state index in [1.54, 1.807) is 42.5 Å². The van der Waals surface area contributed by atoms with Crippen LogP contribution in [-0.4, -0.2) is 6.18 Å². The summed E-state index contributed by atoms with van der Waals surface area (Å²) in [6.07, 6.45) is 1.87. The van der Waals surface area contributed by atoms with Crippen molar-refractivity contribution in [2.75, 3.05) is 0 Å². The molecule has 0 saturated carbocycles. The second-order valence-corrected chi connectivity index (χ2v) is 7.28. The summed E-state index contributed by atoms with van der Waals surface area (Å²) in [4.78, 5) is 0. The fraction of sp³-hybridized carbons (Fsp3) is 0.231. The Morgan fingerprint density at radius 1 is 0.724 bits per heavy atom. The van der Waals surface area contributed by atoms with Gasteiger partial charge in [-0.2, -0.15) is 13.2 Å². The summed E-state index contributed by atoms with van der Waals surface area (Å²) in [6.45, 7) is 2.16. The molecule has 3 aromatic rings. The van der Waals surface area contributed by atoms with E-state index in [9.17, 15) is 13.2 Å². The molecule has 29 heavy (non-hydrogen) atoms. The number of halogens is 3. The van der Waals surface area contributed by atoms with Gasteiger partial charge in [0.05, 0.1) is 5.92 Å². The maximum absolute atomic E-state index is 13.5. The van der Waals surface area contributed by atoms with Crippen LogP contribution in [0.5, 0.6) is 0 Å². The van der Waals surface area contributed by atoms with Crippen molar-refractivity contribution in [3.05, 3.63) is 107 Å². The van der Waals surface area contributed by atoms with E-state index in [1.165, 1.54) is 5.56 Å². The SMILES string of the molecule is CCCc1ccc(/C=C/c2ccc(CC(c3ccccc3)C(F)(F)F)cc2)cc1. The van der Waals surface area contributed by atoms with Crippen molar-refractivity contribution in [3.63, 3.8) is 0 Å². The molecule has 0 saturated heterocycles. The summed E-state index contributed by atoms with van der Waals surface area (Å²) >= 11 is 0. The van der Waals surface area contributed by atoms with Gasteiger partial charge in [0.25, 0.3) is 0 Å². The molecule has 0 spiro atoms. The maximum atomic E-state index is 13.5. The molecule has 0 nitrogen and oxygen atoms in total. The Kier molecular flexibility index (Phi) is 6.92. The van der Waals surface area contributed by atoms with E-state index in [0.29, 0.717) is 11.1 Å². The summed E-state index contributed by atoms with van der Waals surface area (Å²) < 4.78 is 40.6. The molecular formula is C26H25F3. The standard InChI is InChI=1S/C26H25F3/c1-2-6-20-9-11-21(12-10-20)13-14-22-15-17-23(18-16-22)19-25(26(27,28)29)24-7-4-3-5-8-24/h3-5,7-18,25H,2,6,19H2,1H3/b14-13+. The van der Waals surface area contributed by atoms with Gasteiger partial charge in [0.15, 0.2) is 0 Å². The molecule has 1 unspecified atom stereocenters. The minimum atomic E-state index is -4.27. The zero-order valence-electron chi connectivity index (χ0n) is 16.5. The van der Waals surface area contributed by atoms with Crippen LogP contribution in [0.25, 0.3) is 12.2 Å². The predicted octanol–water partition coefficient (Wildman–Crippen LogP) is 7.70. The highest BCUT2D eigenvalue weighted by Gasteiger charge is 2.40. The van der Waals surface area contributed by atoms with Crippen molar-refractivity contribution in [2.24, 2.45) is 0 Å². The van der Waals surface area contributed by atoms with Gasteiger partial charge >= 0.3 is 6.18 Å². The van der Waals surface area contributed by atoms with Gasteiger partial charge in [-0.3, -0.25) is 0 Å². The Balaban J connectivity index is 1.69. The van der Waals surface area contributed by atoms with Crippen LogP contribution in [0.2, 0.25) is 0 Å². The lowest BCUT2D eigenvalue weighted by Crippen LogP contribution is -2.22. The van der Waals surface area contributed by atoms with E-state index in [1.807, 2.05) is 24.3 Å². The average Bonchev–Trinajstić information content (AvgIpc) is 2.72. The highest BCUT2D eigenvalue weighted by Crippen LogP contribution is 2.37. The molecule has 0 amide bonds. The molecular weight excluding hydrogens is 369 g/mol. The van der Waals surface area contributed by atoms with Crippen LogP contribution in [0.3, 0.4) is 0 Å². The summed E-state index contributed by atoms with van der Waals surface area (Å²) in [6, 6.07) is 23.9. The van der Waals surface area contributed by atoms with Gasteiger partial charge in [-0.15, -0.1) is 0 Å². The predicted molar refractivity (Wildman–Crippen MR) is 115 cm³/mol. The third-order valence-electron chi connectivity index (χ3n) is 5.00. The Hall–Kier alpha value is -2.81. The minimum Gasteiger partial charge on any atom is -0.170 e. The second-order valence-electron chi connectivity index (χ2n) is 7.28. The number of alkyl halides is 3. The van der Waals surface area contributed by atoms with Crippen molar-refractivity contribution >= 4 is 12.2 Å². The van der Waals surface area contributed by atoms with Crippen LogP contribution >= 0.6 is 0 Å². The zero-order valence-corrected chi connectivity index (χ0v) is 16.5. The quantitative estimate of drug-likeness (QED) is 0.360. The van der Waals surface area contributed by atoms with Crippen molar-refractivity contribution in [1.82, 2.24) is 0 Å². The second kappa shape index (κ2) is 9.60. The first-order chi connectivity index (χ1) is 14.0. The summed E-state index contributed by atoms with van der Waals surface area (Å²) in [5.74, 6) is -1.49. The normalized spacial score (nSPS) is 13.0. The van der Waals surface area contributed by atoms with Crippen molar-refractivity contribution in [1.29, 1.82) is 0 Å². The molecule has 0 bridgehead atoms. The van der Waals surface area contributed by atoms with Crippen molar-refractivity contribution < 1.29 is 13.2 Å². The molecule has 150 valence electrons. The van der Waals surface area contributed by atoms with Crippen LogP contribution in [0.15, 0.2) is 78.9 Å². The number of aryl methyl sites for hydroxylation is 1. The Morgan fingerprint density at radius 3 is 1.72 bits per heavy atom. The minimum absolute atomic E-state index is 0.0591. The van der Waals surface area contributed by atoms with Crippen LogP contribution in [0.4, 0.5) is 13.2 Å². The number of hydrogen-bond acceptors (Lipinski definition) is 0. The Morgan fingerprint density at radius 2 is 1.24 bits per heavy atom. The topological polar surface area (TPSA) is 0 Å². The third kappa shape index (κ3) is 6.08. The molecule has 0 aliphatic rings. The molecule has 0 aliphatic heterocycles. The zero-order chi connectivity index (χ0) is 20.7. The highest BCUT2D eigenvalue weighted by molar-refractivity contribution is 5.69. The molecule has 0 N–H and O–H groups in total. The summed E-state index contributed by atoms with van der Waals surface area (Å²) in [5, 5.41) is 0. The number of rotatable bonds is 7. The van der Waals surface area contributed by atoms with Gasteiger partial charge in [0, 0.05) is 0 Å². The number of benzene rings is 3. The van der Waals surface area contributed by atoms with E-state index in [4.69, 9.17) is 0 Å². The van der Waals surface area contributed by atoms with E-state index >= 15 is 0 Å². The average molecular weight is 394 g/mol. The fourth-order valence-corrected chi connectivity index (χ4v) is 3.38. The van der Waals surface area contributed by atoms with Gasteiger partial charge in [-0.25, -0.2) is 0 Å². The smallest absolute Gasteiger partial charge is 0.170 e. The van der Waals surface area contributed by atoms with Crippen molar-refractivity contribution in [2.45, 2.75) is 38.3 Å². The molecule has 1 atom stereocenters. The van der Waals surface area contributed by atoms with E-state index in [0.717, 1.165) is 24.0 Å². The van der Waals surface area contributed by atoms with Crippen LogP contribution < -0.4 is 0 Å². The molecule has 3 aromatic carbocycles. The van der Waals surface area contributed by atoms with Gasteiger partial charge < -0.3 is 0 Å². The molecule has 0 heterocycles. The van der Waals surface area contributed by atoms with E-state index in [-0.39, 0.29) is 6.42 Å². The lowest BCUT2D eigenvalue weighted by molar-refractivity contribution is -0.150. The van der Waals surface area contributed by atoms with Gasteiger partial charge in [0.1, 0.15) is 0 Å². The lowest BCUT2D eigenvalue weighted by Gasteiger charge is -2.21. The van der Waals surface area contributed by atoms with Crippen LogP contribution in [0, 0.1) is 0 Å². The third-order valence-corrected chi connectivity index (χ3v) is 5.00. The molecule has 3 heteroatoms. The Bertz CT molecular complexity index is 905. The number of hydrogen-bond donors (Lipinski definition) is 0. The van der Waals surface area contributed by atoms with Crippen molar-refractivity contribution in [3.8, 4) is 0 Å². The first-order valence-electron chi connectivity index (χ1n) is 9.93. The first-order valence-corrected chi connectivity index (χ1v) is 9.93. The van der Waals surface area contributed by atoms with Gasteiger partial charge in [0.2, 0.25) is 0 Å². The van der Waals surface area contributed by atoms with Crippen LogP contribution in [-0.2, 0) is 12.8 Å². The van der Waals surface area contributed by atoms with E-state index in [2.05, 4.69) is 31.2 Å². The molecule has 3 rings (SSSR count). The molecule has 0 aliphatic carbocycles. The maximum Gasteiger partial charge on any atom is 0.396 e. The Labute approximate surface area is 170 Å². The molecule has 0 radical (unpaired) electrons. The lowest BCUT2D eigenvalue weighted by atomic mass is 9.91. The molecule has 0 aromatic heterocycles. The summed E-state index contributed by atoms with van der Waals surface area (Å²) in [7, 11) is 0. The van der Waals surface area contributed by atoms with Crippen LogP contribution in [0.1, 0.15) is 47.1 Å². The monoisotopic (exact) mass is 394 g/mol.